The van der Waals surface area contributed by atoms with Gasteiger partial charge in [0.15, 0.2) is 5.78 Å². The maximum atomic E-state index is 12.3. The summed E-state index contributed by atoms with van der Waals surface area (Å²) in [4.78, 5) is 17.0. The highest BCUT2D eigenvalue weighted by atomic mass is 35.5. The number of ketones is 1. The molecule has 2 fully saturated rings. The van der Waals surface area contributed by atoms with Gasteiger partial charge in [0.2, 0.25) is 0 Å². The zero-order valence-electron chi connectivity index (χ0n) is 11.7. The Morgan fingerprint density at radius 3 is 2.76 bits per heavy atom. The van der Waals surface area contributed by atoms with Crippen LogP contribution in [0.1, 0.15) is 16.8 Å². The second-order valence-electron chi connectivity index (χ2n) is 5.49. The minimum absolute atomic E-state index is 0.0609. The largest absolute Gasteiger partial charge is 0.379 e. The first-order valence-corrected chi connectivity index (χ1v) is 8.73. The van der Waals surface area contributed by atoms with Gasteiger partial charge in [-0.15, -0.1) is 11.3 Å². The molecule has 3 heterocycles. The molecule has 1 atom stereocenters. The van der Waals surface area contributed by atoms with E-state index in [0.29, 0.717) is 26.8 Å². The van der Waals surface area contributed by atoms with Crippen LogP contribution in [0.3, 0.4) is 0 Å². The van der Waals surface area contributed by atoms with Crippen LogP contribution in [0.4, 0.5) is 0 Å². The lowest BCUT2D eigenvalue weighted by atomic mass is 10.2. The molecule has 0 saturated carbocycles. The van der Waals surface area contributed by atoms with Crippen LogP contribution in [0.25, 0.3) is 0 Å². The zero-order chi connectivity index (χ0) is 14.8. The molecule has 7 heteroatoms. The van der Waals surface area contributed by atoms with E-state index in [0.717, 1.165) is 45.8 Å². The van der Waals surface area contributed by atoms with Crippen LogP contribution in [0, 0.1) is 0 Å². The molecule has 2 saturated heterocycles. The topological polar surface area (TPSA) is 32.8 Å². The molecule has 0 amide bonds. The minimum atomic E-state index is 0.0609. The number of halogens is 2. The number of likely N-dealkylation sites (tertiary alicyclic amines) is 1. The Kier molecular flexibility index (Phi) is 5.19. The molecule has 0 bridgehead atoms. The molecular formula is C14H18Cl2N2O2S. The number of rotatable bonds is 4. The first-order chi connectivity index (χ1) is 10.1. The predicted molar refractivity (Wildman–Crippen MR) is 85.9 cm³/mol. The molecule has 0 N–H and O–H groups in total. The molecule has 0 aromatic carbocycles. The van der Waals surface area contributed by atoms with Gasteiger partial charge in [0.05, 0.1) is 29.7 Å². The Labute approximate surface area is 138 Å². The molecule has 1 unspecified atom stereocenters. The second kappa shape index (κ2) is 6.94. The minimum Gasteiger partial charge on any atom is -0.379 e. The maximum Gasteiger partial charge on any atom is 0.179 e. The number of carbonyl (C=O) groups excluding carboxylic acids is 1. The van der Waals surface area contributed by atoms with Crippen molar-refractivity contribution in [2.45, 2.75) is 12.5 Å². The first kappa shape index (κ1) is 15.7. The molecule has 1 aromatic heterocycles. The van der Waals surface area contributed by atoms with Crippen LogP contribution in [0.15, 0.2) is 6.07 Å². The Hall–Kier alpha value is -0.170. The molecule has 0 spiro atoms. The van der Waals surface area contributed by atoms with Crippen molar-refractivity contribution < 1.29 is 9.53 Å². The van der Waals surface area contributed by atoms with Gasteiger partial charge in [0.1, 0.15) is 4.34 Å². The van der Waals surface area contributed by atoms with Crippen molar-refractivity contribution in [3.63, 3.8) is 0 Å². The smallest absolute Gasteiger partial charge is 0.179 e. The fraction of sp³-hybridized carbons (Fsp3) is 0.643. The summed E-state index contributed by atoms with van der Waals surface area (Å²) < 4.78 is 6.45. The average Bonchev–Trinajstić information content (AvgIpc) is 3.06. The van der Waals surface area contributed by atoms with Crippen LogP contribution in [0.2, 0.25) is 8.67 Å². The number of Topliss-reactive ketones (excluding diaryl/α,β-unsaturated/α-hetero) is 1. The van der Waals surface area contributed by atoms with E-state index in [1.165, 1.54) is 11.3 Å². The summed E-state index contributed by atoms with van der Waals surface area (Å²) >= 11 is 13.2. The highest BCUT2D eigenvalue weighted by Gasteiger charge is 2.30. The SMILES string of the molecule is O=C(CN1CCC(N2CCOCC2)C1)c1cc(Cl)sc1Cl. The molecule has 0 aliphatic carbocycles. The summed E-state index contributed by atoms with van der Waals surface area (Å²) in [6.07, 6.45) is 1.12. The van der Waals surface area contributed by atoms with E-state index in [9.17, 15) is 4.79 Å². The van der Waals surface area contributed by atoms with E-state index in [1.807, 2.05) is 0 Å². The van der Waals surface area contributed by atoms with Crippen LogP contribution in [0.5, 0.6) is 0 Å². The first-order valence-electron chi connectivity index (χ1n) is 7.15. The molecule has 0 radical (unpaired) electrons. The van der Waals surface area contributed by atoms with Crippen molar-refractivity contribution in [1.29, 1.82) is 0 Å². The van der Waals surface area contributed by atoms with E-state index in [1.54, 1.807) is 6.07 Å². The maximum absolute atomic E-state index is 12.3. The van der Waals surface area contributed by atoms with E-state index in [2.05, 4.69) is 9.80 Å². The Balaban J connectivity index is 1.54. The number of morpholine rings is 1. The lowest BCUT2D eigenvalue weighted by Gasteiger charge is -2.32. The molecule has 116 valence electrons. The number of ether oxygens (including phenoxy) is 1. The van der Waals surface area contributed by atoms with Crippen LogP contribution < -0.4 is 0 Å². The third kappa shape index (κ3) is 3.78. The highest BCUT2D eigenvalue weighted by Crippen LogP contribution is 2.31. The third-order valence-electron chi connectivity index (χ3n) is 4.13. The van der Waals surface area contributed by atoms with E-state index in [4.69, 9.17) is 27.9 Å². The third-order valence-corrected chi connectivity index (χ3v) is 5.62. The van der Waals surface area contributed by atoms with Crippen LogP contribution in [-0.2, 0) is 4.74 Å². The molecule has 4 nitrogen and oxygen atoms in total. The monoisotopic (exact) mass is 348 g/mol. The summed E-state index contributed by atoms with van der Waals surface area (Å²) in [6, 6.07) is 2.22. The molecule has 3 rings (SSSR count). The number of carbonyl (C=O) groups is 1. The van der Waals surface area contributed by atoms with Crippen molar-refractivity contribution in [1.82, 2.24) is 9.80 Å². The zero-order valence-corrected chi connectivity index (χ0v) is 14.0. The van der Waals surface area contributed by atoms with Gasteiger partial charge in [0.25, 0.3) is 0 Å². The van der Waals surface area contributed by atoms with Gasteiger partial charge < -0.3 is 4.74 Å². The number of thiophene rings is 1. The fourth-order valence-electron chi connectivity index (χ4n) is 3.02. The van der Waals surface area contributed by atoms with E-state index in [-0.39, 0.29) is 5.78 Å². The van der Waals surface area contributed by atoms with Crippen LogP contribution >= 0.6 is 34.5 Å². The standard InChI is InChI=1S/C14H18Cl2N2O2S/c15-13-7-11(14(16)21-13)12(19)9-17-2-1-10(8-17)18-3-5-20-6-4-18/h7,10H,1-6,8-9H2. The van der Waals surface area contributed by atoms with Gasteiger partial charge in [-0.2, -0.15) is 0 Å². The Morgan fingerprint density at radius 1 is 1.33 bits per heavy atom. The number of nitrogens with zero attached hydrogens (tertiary/aromatic N) is 2. The number of hydrogen-bond donors (Lipinski definition) is 0. The Bertz CT molecular complexity index is 517. The molecule has 21 heavy (non-hydrogen) atoms. The van der Waals surface area contributed by atoms with Gasteiger partial charge in [-0.3, -0.25) is 14.6 Å². The van der Waals surface area contributed by atoms with Gasteiger partial charge in [-0.1, -0.05) is 23.2 Å². The lowest BCUT2D eigenvalue weighted by molar-refractivity contribution is 0.0185. The van der Waals surface area contributed by atoms with Gasteiger partial charge in [-0.05, 0) is 12.5 Å². The fourth-order valence-corrected chi connectivity index (χ4v) is 4.51. The molecular weight excluding hydrogens is 331 g/mol. The molecule has 2 aliphatic rings. The number of hydrogen-bond acceptors (Lipinski definition) is 5. The molecule has 1 aromatic rings. The van der Waals surface area contributed by atoms with Crippen molar-refractivity contribution in [2.75, 3.05) is 45.9 Å². The summed E-state index contributed by atoms with van der Waals surface area (Å²) in [5.74, 6) is 0.0609. The van der Waals surface area contributed by atoms with E-state index < -0.39 is 0 Å². The normalized spacial score (nSPS) is 24.6. The van der Waals surface area contributed by atoms with Crippen molar-refractivity contribution in [3.05, 3.63) is 20.3 Å². The van der Waals surface area contributed by atoms with Gasteiger partial charge in [0, 0.05) is 32.2 Å². The summed E-state index contributed by atoms with van der Waals surface area (Å²) in [5, 5.41) is 0. The lowest BCUT2D eigenvalue weighted by Crippen LogP contribution is -2.45. The summed E-state index contributed by atoms with van der Waals surface area (Å²) in [5.41, 5.74) is 0.557. The predicted octanol–water partition coefficient (Wildman–Crippen LogP) is 2.64. The molecule has 2 aliphatic heterocycles. The second-order valence-corrected chi connectivity index (χ2v) is 7.77. The highest BCUT2D eigenvalue weighted by molar-refractivity contribution is 7.20. The van der Waals surface area contributed by atoms with Crippen molar-refractivity contribution in [2.24, 2.45) is 0 Å². The Morgan fingerprint density at radius 2 is 2.10 bits per heavy atom. The summed E-state index contributed by atoms with van der Waals surface area (Å²) in [6.45, 7) is 5.96. The van der Waals surface area contributed by atoms with Crippen LogP contribution in [-0.4, -0.2) is 67.6 Å². The van der Waals surface area contributed by atoms with Crippen molar-refractivity contribution in [3.8, 4) is 0 Å². The van der Waals surface area contributed by atoms with Gasteiger partial charge >= 0.3 is 0 Å². The van der Waals surface area contributed by atoms with E-state index >= 15 is 0 Å². The summed E-state index contributed by atoms with van der Waals surface area (Å²) in [7, 11) is 0. The average molecular weight is 349 g/mol. The quantitative estimate of drug-likeness (QED) is 0.783. The van der Waals surface area contributed by atoms with Crippen molar-refractivity contribution >= 4 is 40.3 Å². The van der Waals surface area contributed by atoms with Gasteiger partial charge in [-0.25, -0.2) is 0 Å².